The quantitative estimate of drug-likeness (QED) is 0.367. The van der Waals surface area contributed by atoms with E-state index >= 15 is 0 Å². The van der Waals surface area contributed by atoms with Crippen molar-refractivity contribution in [3.05, 3.63) is 36.0 Å². The molecule has 0 N–H and O–H groups in total. The van der Waals surface area contributed by atoms with Gasteiger partial charge in [0.05, 0.1) is 0 Å². The lowest BCUT2D eigenvalue weighted by atomic mass is 9.98. The van der Waals surface area contributed by atoms with Crippen molar-refractivity contribution in [2.75, 3.05) is 0 Å². The van der Waals surface area contributed by atoms with Gasteiger partial charge in [0.25, 0.3) is 0 Å². The molecule has 15 heavy (non-hydrogen) atoms. The summed E-state index contributed by atoms with van der Waals surface area (Å²) in [5.74, 6) is 0. The summed E-state index contributed by atoms with van der Waals surface area (Å²) in [6.45, 7) is 10.4. The van der Waals surface area contributed by atoms with Crippen LogP contribution in [0.3, 0.4) is 0 Å². The lowest BCUT2D eigenvalue weighted by Gasteiger charge is -2.09. The van der Waals surface area contributed by atoms with Gasteiger partial charge in [-0.2, -0.15) is 0 Å². The Morgan fingerprint density at radius 3 is 2.47 bits per heavy atom. The van der Waals surface area contributed by atoms with Crippen LogP contribution in [0.25, 0.3) is 0 Å². The summed E-state index contributed by atoms with van der Waals surface area (Å²) in [4.78, 5) is 0. The number of unbranched alkanes of at least 4 members (excludes halogenated alkanes) is 1. The van der Waals surface area contributed by atoms with Crippen molar-refractivity contribution in [1.29, 1.82) is 0 Å². The minimum atomic E-state index is 1.12. The molecular weight excluding hydrogens is 180 g/mol. The average molecular weight is 206 g/mol. The first kappa shape index (κ1) is 14.2. The second-order valence-electron chi connectivity index (χ2n) is 4.03. The Labute approximate surface area is 95.8 Å². The molecule has 0 bridgehead atoms. The van der Waals surface area contributed by atoms with Gasteiger partial charge in [-0.15, -0.1) is 6.58 Å². The van der Waals surface area contributed by atoms with E-state index in [0.717, 1.165) is 6.42 Å². The van der Waals surface area contributed by atoms with Crippen LogP contribution in [0.1, 0.15) is 59.3 Å². The molecule has 0 saturated heterocycles. The molecule has 0 spiro atoms. The van der Waals surface area contributed by atoms with Gasteiger partial charge in [0.2, 0.25) is 0 Å². The Morgan fingerprint density at radius 2 is 1.93 bits per heavy atom. The molecule has 0 atom stereocenters. The van der Waals surface area contributed by atoms with Crippen LogP contribution in [-0.2, 0) is 0 Å². The van der Waals surface area contributed by atoms with E-state index in [2.05, 4.69) is 39.5 Å². The molecule has 0 aliphatic carbocycles. The Kier molecular flexibility index (Phi) is 9.26. The Balaban J connectivity index is 4.02. The highest BCUT2D eigenvalue weighted by Gasteiger charge is 1.99. The third-order valence-electron chi connectivity index (χ3n) is 2.84. The molecule has 0 aromatic carbocycles. The van der Waals surface area contributed by atoms with Crippen molar-refractivity contribution in [3.8, 4) is 0 Å². The van der Waals surface area contributed by atoms with Crippen molar-refractivity contribution in [1.82, 2.24) is 0 Å². The van der Waals surface area contributed by atoms with Crippen LogP contribution < -0.4 is 0 Å². The summed E-state index contributed by atoms with van der Waals surface area (Å²) >= 11 is 0. The summed E-state index contributed by atoms with van der Waals surface area (Å²) in [6.07, 6.45) is 13.7. The topological polar surface area (TPSA) is 0 Å². The highest BCUT2D eigenvalue weighted by Crippen LogP contribution is 2.19. The van der Waals surface area contributed by atoms with Gasteiger partial charge in [-0.1, -0.05) is 36.3 Å². The summed E-state index contributed by atoms with van der Waals surface area (Å²) < 4.78 is 0. The van der Waals surface area contributed by atoms with Crippen LogP contribution in [0, 0.1) is 0 Å². The zero-order chi connectivity index (χ0) is 11.5. The molecule has 0 aliphatic rings. The SMILES string of the molecule is C=CCCC(C)=C(CC)CCCC=CC. The second kappa shape index (κ2) is 9.76. The maximum atomic E-state index is 3.77. The van der Waals surface area contributed by atoms with Crippen LogP contribution in [0.4, 0.5) is 0 Å². The lowest BCUT2D eigenvalue weighted by Crippen LogP contribution is -1.89. The number of hydrogen-bond donors (Lipinski definition) is 0. The largest absolute Gasteiger partial charge is 0.103 e. The fourth-order valence-corrected chi connectivity index (χ4v) is 1.79. The molecule has 0 heterocycles. The van der Waals surface area contributed by atoms with E-state index in [4.69, 9.17) is 0 Å². The maximum Gasteiger partial charge on any atom is -0.0286 e. The van der Waals surface area contributed by atoms with Crippen LogP contribution in [0.15, 0.2) is 36.0 Å². The third-order valence-corrected chi connectivity index (χ3v) is 2.84. The predicted molar refractivity (Wildman–Crippen MR) is 71.1 cm³/mol. The fraction of sp³-hybridized carbons (Fsp3) is 0.600. The predicted octanol–water partition coefficient (Wildman–Crippen LogP) is 5.43. The van der Waals surface area contributed by atoms with Gasteiger partial charge >= 0.3 is 0 Å². The molecular formula is C15H26. The van der Waals surface area contributed by atoms with E-state index in [-0.39, 0.29) is 0 Å². The van der Waals surface area contributed by atoms with Crippen molar-refractivity contribution in [3.63, 3.8) is 0 Å². The highest BCUT2D eigenvalue weighted by atomic mass is 14.1. The van der Waals surface area contributed by atoms with E-state index in [1.807, 2.05) is 6.08 Å². The van der Waals surface area contributed by atoms with Crippen LogP contribution in [0.5, 0.6) is 0 Å². The van der Waals surface area contributed by atoms with Gasteiger partial charge in [-0.3, -0.25) is 0 Å². The van der Waals surface area contributed by atoms with Gasteiger partial charge in [0.15, 0.2) is 0 Å². The van der Waals surface area contributed by atoms with Gasteiger partial charge in [-0.25, -0.2) is 0 Å². The van der Waals surface area contributed by atoms with E-state index in [0.29, 0.717) is 0 Å². The molecule has 0 nitrogen and oxygen atoms in total. The first-order valence-electron chi connectivity index (χ1n) is 6.15. The monoisotopic (exact) mass is 206 g/mol. The number of hydrogen-bond acceptors (Lipinski definition) is 0. The molecule has 86 valence electrons. The summed E-state index contributed by atoms with van der Waals surface area (Å²) in [5.41, 5.74) is 3.24. The summed E-state index contributed by atoms with van der Waals surface area (Å²) in [5, 5.41) is 0. The normalized spacial score (nSPS) is 13.0. The minimum absolute atomic E-state index is 1.12. The van der Waals surface area contributed by atoms with E-state index in [1.54, 1.807) is 11.1 Å². The standard InChI is InChI=1S/C15H26/c1-5-8-10-11-13-15(7-3)14(4)12-9-6-2/h5-6,8H,2,7,9-13H2,1,3-4H3. The zero-order valence-corrected chi connectivity index (χ0v) is 10.7. The lowest BCUT2D eigenvalue weighted by molar-refractivity contribution is 0.777. The van der Waals surface area contributed by atoms with Crippen molar-refractivity contribution >= 4 is 0 Å². The van der Waals surface area contributed by atoms with Gasteiger partial charge in [0, 0.05) is 0 Å². The van der Waals surface area contributed by atoms with Crippen molar-refractivity contribution < 1.29 is 0 Å². The number of rotatable bonds is 8. The fourth-order valence-electron chi connectivity index (χ4n) is 1.79. The molecule has 0 radical (unpaired) electrons. The molecule has 0 aromatic rings. The molecule has 0 saturated carbocycles. The molecule has 0 heteroatoms. The van der Waals surface area contributed by atoms with Crippen molar-refractivity contribution in [2.45, 2.75) is 59.3 Å². The molecule has 0 unspecified atom stereocenters. The molecule has 0 aliphatic heterocycles. The summed E-state index contributed by atoms with van der Waals surface area (Å²) in [6, 6.07) is 0. The van der Waals surface area contributed by atoms with Gasteiger partial charge < -0.3 is 0 Å². The van der Waals surface area contributed by atoms with Gasteiger partial charge in [0.1, 0.15) is 0 Å². The van der Waals surface area contributed by atoms with E-state index in [9.17, 15) is 0 Å². The minimum Gasteiger partial charge on any atom is -0.103 e. The Hall–Kier alpha value is -0.780. The Bertz CT molecular complexity index is 218. The Morgan fingerprint density at radius 1 is 1.20 bits per heavy atom. The first-order chi connectivity index (χ1) is 7.26. The van der Waals surface area contributed by atoms with Crippen LogP contribution in [-0.4, -0.2) is 0 Å². The molecule has 0 amide bonds. The molecule has 0 aromatic heterocycles. The number of allylic oxidation sites excluding steroid dienone is 5. The van der Waals surface area contributed by atoms with E-state index < -0.39 is 0 Å². The first-order valence-corrected chi connectivity index (χ1v) is 6.15. The average Bonchev–Trinajstić information content (AvgIpc) is 2.26. The molecule has 0 fully saturated rings. The zero-order valence-electron chi connectivity index (χ0n) is 10.7. The van der Waals surface area contributed by atoms with Gasteiger partial charge in [-0.05, 0) is 52.4 Å². The summed E-state index contributed by atoms with van der Waals surface area (Å²) in [7, 11) is 0. The van der Waals surface area contributed by atoms with E-state index in [1.165, 1.54) is 32.1 Å². The molecule has 0 rings (SSSR count). The van der Waals surface area contributed by atoms with Crippen LogP contribution >= 0.6 is 0 Å². The maximum absolute atomic E-state index is 3.77. The second-order valence-corrected chi connectivity index (χ2v) is 4.03. The smallest absolute Gasteiger partial charge is 0.0286 e. The third kappa shape index (κ3) is 7.18. The van der Waals surface area contributed by atoms with Crippen molar-refractivity contribution in [2.24, 2.45) is 0 Å². The van der Waals surface area contributed by atoms with Crippen LogP contribution in [0.2, 0.25) is 0 Å². The highest BCUT2D eigenvalue weighted by molar-refractivity contribution is 5.12.